The molecule has 0 bridgehead atoms. The molecule has 0 saturated carbocycles. The number of hydrogen-bond donors (Lipinski definition) is 0. The molecule has 2 aliphatic heterocycles. The van der Waals surface area contributed by atoms with Crippen LogP contribution in [0.5, 0.6) is 17.2 Å². The van der Waals surface area contributed by atoms with Gasteiger partial charge < -0.3 is 18.7 Å². The van der Waals surface area contributed by atoms with Gasteiger partial charge in [-0.3, -0.25) is 0 Å². The molecule has 0 aliphatic carbocycles. The second-order valence-electron chi connectivity index (χ2n) is 5.95. The maximum Gasteiger partial charge on any atom is 0.258 e. The van der Waals surface area contributed by atoms with Gasteiger partial charge in [0.2, 0.25) is 12.6 Å². The second-order valence-corrected chi connectivity index (χ2v) is 5.95. The van der Waals surface area contributed by atoms with Crippen LogP contribution in [0.25, 0.3) is 22.8 Å². The smallest absolute Gasteiger partial charge is 0.258 e. The van der Waals surface area contributed by atoms with Crippen LogP contribution in [0.3, 0.4) is 0 Å². The van der Waals surface area contributed by atoms with Crippen molar-refractivity contribution in [1.29, 1.82) is 0 Å². The second kappa shape index (κ2) is 4.99. The molecule has 0 N–H and O–H groups in total. The van der Waals surface area contributed by atoms with Crippen molar-refractivity contribution in [3.63, 3.8) is 0 Å². The Bertz CT molecular complexity index is 935. The maximum absolute atomic E-state index is 5.72. The molecule has 0 radical (unpaired) electrons. The van der Waals surface area contributed by atoms with Gasteiger partial charge in [-0.2, -0.15) is 4.98 Å². The molecule has 24 heavy (non-hydrogen) atoms. The molecule has 1 atom stereocenters. The molecule has 3 aromatic rings. The normalized spacial score (nSPS) is 17.6. The molecule has 1 aromatic heterocycles. The van der Waals surface area contributed by atoms with Gasteiger partial charge in [0.1, 0.15) is 11.9 Å². The van der Waals surface area contributed by atoms with Crippen LogP contribution in [0.4, 0.5) is 0 Å². The zero-order valence-electron chi connectivity index (χ0n) is 13.0. The largest absolute Gasteiger partial charge is 0.490 e. The number of hydrogen-bond acceptors (Lipinski definition) is 6. The van der Waals surface area contributed by atoms with Gasteiger partial charge in [0.15, 0.2) is 11.5 Å². The van der Waals surface area contributed by atoms with E-state index in [1.165, 1.54) is 5.56 Å². The molecular weight excluding hydrogens is 308 g/mol. The van der Waals surface area contributed by atoms with Crippen LogP contribution in [0.2, 0.25) is 0 Å². The van der Waals surface area contributed by atoms with E-state index in [4.69, 9.17) is 18.7 Å². The highest BCUT2D eigenvalue weighted by Crippen LogP contribution is 2.36. The molecule has 3 heterocycles. The number of rotatable bonds is 2. The summed E-state index contributed by atoms with van der Waals surface area (Å²) in [4.78, 5) is 4.51. The van der Waals surface area contributed by atoms with Gasteiger partial charge in [-0.05, 0) is 48.9 Å². The summed E-state index contributed by atoms with van der Waals surface area (Å²) in [6.07, 6.45) is 1.11. The molecule has 6 nitrogen and oxygen atoms in total. The predicted molar refractivity (Wildman–Crippen MR) is 85.1 cm³/mol. The molecular formula is C18H14N2O4. The van der Waals surface area contributed by atoms with Crippen molar-refractivity contribution in [3.8, 4) is 40.1 Å². The van der Waals surface area contributed by atoms with Crippen LogP contribution in [-0.2, 0) is 6.42 Å². The van der Waals surface area contributed by atoms with Crippen molar-refractivity contribution in [1.82, 2.24) is 10.1 Å². The average Bonchev–Trinajstić information content (AvgIpc) is 3.31. The number of fused-ring (bicyclic) bond motifs is 2. The summed E-state index contributed by atoms with van der Waals surface area (Å²) in [5.74, 6) is 3.37. The third kappa shape index (κ3) is 2.11. The van der Waals surface area contributed by atoms with Gasteiger partial charge in [0, 0.05) is 17.5 Å². The Morgan fingerprint density at radius 1 is 0.958 bits per heavy atom. The summed E-state index contributed by atoms with van der Waals surface area (Å²) < 4.78 is 21.9. The van der Waals surface area contributed by atoms with Crippen LogP contribution in [0.1, 0.15) is 12.5 Å². The Kier molecular flexibility index (Phi) is 2.79. The number of ether oxygens (including phenoxy) is 3. The van der Waals surface area contributed by atoms with E-state index in [0.29, 0.717) is 17.5 Å². The van der Waals surface area contributed by atoms with Gasteiger partial charge in [0.05, 0.1) is 0 Å². The maximum atomic E-state index is 5.72. The van der Waals surface area contributed by atoms with E-state index in [-0.39, 0.29) is 12.9 Å². The van der Waals surface area contributed by atoms with Gasteiger partial charge in [-0.1, -0.05) is 5.16 Å². The summed E-state index contributed by atoms with van der Waals surface area (Å²) in [5, 5.41) is 4.08. The van der Waals surface area contributed by atoms with Crippen LogP contribution in [0, 0.1) is 0 Å². The summed E-state index contributed by atoms with van der Waals surface area (Å²) in [6, 6.07) is 11.5. The van der Waals surface area contributed by atoms with Crippen LogP contribution in [0.15, 0.2) is 40.9 Å². The lowest BCUT2D eigenvalue weighted by Crippen LogP contribution is -2.05. The third-order valence-electron chi connectivity index (χ3n) is 4.20. The van der Waals surface area contributed by atoms with E-state index in [9.17, 15) is 0 Å². The summed E-state index contributed by atoms with van der Waals surface area (Å²) >= 11 is 0. The molecule has 120 valence electrons. The first-order valence-electron chi connectivity index (χ1n) is 7.80. The highest BCUT2D eigenvalue weighted by molar-refractivity contribution is 5.64. The Balaban J connectivity index is 1.48. The Morgan fingerprint density at radius 3 is 2.75 bits per heavy atom. The molecule has 0 fully saturated rings. The van der Waals surface area contributed by atoms with Crippen molar-refractivity contribution >= 4 is 0 Å². The van der Waals surface area contributed by atoms with Gasteiger partial charge in [0.25, 0.3) is 5.89 Å². The van der Waals surface area contributed by atoms with Crippen molar-refractivity contribution in [3.05, 3.63) is 42.0 Å². The quantitative estimate of drug-likeness (QED) is 0.720. The lowest BCUT2D eigenvalue weighted by molar-refractivity contribution is 0.174. The van der Waals surface area contributed by atoms with Gasteiger partial charge in [-0.15, -0.1) is 0 Å². The monoisotopic (exact) mass is 322 g/mol. The lowest BCUT2D eigenvalue weighted by atomic mass is 10.1. The minimum atomic E-state index is 0.210. The average molecular weight is 322 g/mol. The standard InChI is InChI=1S/C18H14N2O4/c1-10-6-13-7-12(3-4-14(13)23-10)18-19-17(20-24-18)11-2-5-15-16(8-11)22-9-21-15/h2-5,7-8,10H,6,9H2,1H3. The SMILES string of the molecule is CC1Cc2cc(-c3nc(-c4ccc5c(c4)OCO5)no3)ccc2O1. The Morgan fingerprint density at radius 2 is 1.79 bits per heavy atom. The van der Waals surface area contributed by atoms with Crippen LogP contribution in [-0.4, -0.2) is 23.0 Å². The summed E-state index contributed by atoms with van der Waals surface area (Å²) in [5.41, 5.74) is 2.89. The molecule has 0 amide bonds. The fourth-order valence-electron chi connectivity index (χ4n) is 3.05. The summed E-state index contributed by atoms with van der Waals surface area (Å²) in [7, 11) is 0. The topological polar surface area (TPSA) is 66.6 Å². The predicted octanol–water partition coefficient (Wildman–Crippen LogP) is 3.46. The first-order chi connectivity index (χ1) is 11.8. The molecule has 5 rings (SSSR count). The zero-order valence-corrected chi connectivity index (χ0v) is 13.0. The van der Waals surface area contributed by atoms with E-state index >= 15 is 0 Å². The minimum absolute atomic E-state index is 0.210. The Hall–Kier alpha value is -3.02. The highest BCUT2D eigenvalue weighted by atomic mass is 16.7. The first kappa shape index (κ1) is 13.4. The Labute approximate surface area is 138 Å². The fourth-order valence-corrected chi connectivity index (χ4v) is 3.05. The van der Waals surface area contributed by atoms with Crippen molar-refractivity contribution < 1.29 is 18.7 Å². The van der Waals surface area contributed by atoms with E-state index < -0.39 is 0 Å². The fraction of sp³-hybridized carbons (Fsp3) is 0.222. The highest BCUT2D eigenvalue weighted by Gasteiger charge is 2.21. The van der Waals surface area contributed by atoms with E-state index in [0.717, 1.165) is 29.0 Å². The van der Waals surface area contributed by atoms with Crippen LogP contribution < -0.4 is 14.2 Å². The van der Waals surface area contributed by atoms with E-state index in [1.54, 1.807) is 0 Å². The van der Waals surface area contributed by atoms with E-state index in [2.05, 4.69) is 23.1 Å². The summed E-state index contributed by atoms with van der Waals surface area (Å²) in [6.45, 7) is 2.30. The molecule has 1 unspecified atom stereocenters. The van der Waals surface area contributed by atoms with Crippen molar-refractivity contribution in [2.24, 2.45) is 0 Å². The molecule has 6 heteroatoms. The molecule has 0 saturated heterocycles. The van der Waals surface area contributed by atoms with Crippen molar-refractivity contribution in [2.45, 2.75) is 19.4 Å². The van der Waals surface area contributed by atoms with Gasteiger partial charge in [-0.25, -0.2) is 0 Å². The molecule has 0 spiro atoms. The third-order valence-corrected chi connectivity index (χ3v) is 4.20. The first-order valence-corrected chi connectivity index (χ1v) is 7.80. The van der Waals surface area contributed by atoms with Crippen LogP contribution >= 0.6 is 0 Å². The zero-order chi connectivity index (χ0) is 16.1. The lowest BCUT2D eigenvalue weighted by Gasteiger charge is -2.01. The minimum Gasteiger partial charge on any atom is -0.490 e. The van der Waals surface area contributed by atoms with E-state index in [1.807, 2.05) is 30.3 Å². The number of nitrogens with zero attached hydrogens (tertiary/aromatic N) is 2. The van der Waals surface area contributed by atoms with Crippen molar-refractivity contribution in [2.75, 3.05) is 6.79 Å². The molecule has 2 aromatic carbocycles. The van der Waals surface area contributed by atoms with Gasteiger partial charge >= 0.3 is 0 Å². The molecule has 2 aliphatic rings. The number of aromatic nitrogens is 2. The number of benzene rings is 2.